The third-order valence-corrected chi connectivity index (χ3v) is 2.08. The first-order valence-corrected chi connectivity index (χ1v) is 4.64. The number of ketones is 1. The molecule has 0 amide bonds. The van der Waals surface area contributed by atoms with Gasteiger partial charge >= 0.3 is 11.9 Å². The van der Waals surface area contributed by atoms with Crippen LogP contribution < -0.4 is 5.73 Å². The summed E-state index contributed by atoms with van der Waals surface area (Å²) in [7, 11) is 0. The van der Waals surface area contributed by atoms with Crippen LogP contribution in [0.5, 0.6) is 0 Å². The molecule has 0 radical (unpaired) electrons. The van der Waals surface area contributed by atoms with E-state index in [1.807, 2.05) is 0 Å². The van der Waals surface area contributed by atoms with Crippen LogP contribution in [0.4, 0.5) is 0 Å². The smallest absolute Gasteiger partial charge is 0.314 e. The Bertz CT molecular complexity index is 263. The molecule has 0 aliphatic rings. The molecule has 0 saturated carbocycles. The van der Waals surface area contributed by atoms with Crippen molar-refractivity contribution in [2.45, 2.75) is 32.2 Å². The van der Waals surface area contributed by atoms with Crippen molar-refractivity contribution in [2.75, 3.05) is 0 Å². The Kier molecular flexibility index (Phi) is 5.54. The van der Waals surface area contributed by atoms with Gasteiger partial charge in [0.05, 0.1) is 6.04 Å². The monoisotopic (exact) mass is 217 g/mol. The first kappa shape index (κ1) is 13.6. The Balaban J connectivity index is 4.28. The van der Waals surface area contributed by atoms with Gasteiger partial charge in [-0.25, -0.2) is 0 Å². The van der Waals surface area contributed by atoms with E-state index in [1.54, 1.807) is 6.92 Å². The summed E-state index contributed by atoms with van der Waals surface area (Å²) >= 11 is 0. The SMILES string of the molecule is CCC(C(=O)O)C(=O)[C@@H](N)CCC(=O)O. The molecule has 86 valence electrons. The van der Waals surface area contributed by atoms with E-state index in [0.29, 0.717) is 0 Å². The zero-order valence-electron chi connectivity index (χ0n) is 8.47. The average molecular weight is 217 g/mol. The van der Waals surface area contributed by atoms with Crippen molar-refractivity contribution >= 4 is 17.7 Å². The highest BCUT2D eigenvalue weighted by atomic mass is 16.4. The molecule has 2 atom stereocenters. The number of Topliss-reactive ketones (excluding diaryl/α,β-unsaturated/α-hetero) is 1. The summed E-state index contributed by atoms with van der Waals surface area (Å²) in [5.74, 6) is -4.00. The predicted molar refractivity (Wildman–Crippen MR) is 51.3 cm³/mol. The van der Waals surface area contributed by atoms with Crippen LogP contribution in [0, 0.1) is 5.92 Å². The van der Waals surface area contributed by atoms with Crippen molar-refractivity contribution in [2.24, 2.45) is 11.7 Å². The summed E-state index contributed by atoms with van der Waals surface area (Å²) in [6.45, 7) is 1.57. The third kappa shape index (κ3) is 4.55. The lowest BCUT2D eigenvalue weighted by atomic mass is 9.94. The van der Waals surface area contributed by atoms with Gasteiger partial charge in [0.2, 0.25) is 0 Å². The average Bonchev–Trinajstić information content (AvgIpc) is 2.14. The Morgan fingerprint density at radius 1 is 1.27 bits per heavy atom. The minimum Gasteiger partial charge on any atom is -0.481 e. The molecular formula is C9H15NO5. The lowest BCUT2D eigenvalue weighted by Gasteiger charge is -2.14. The standard InChI is InChI=1S/C9H15NO5/c1-2-5(9(14)15)8(13)6(10)3-4-7(11)12/h5-6H,2-4,10H2,1H3,(H,11,12)(H,14,15)/t5?,6-/m0/s1. The van der Waals surface area contributed by atoms with Gasteiger partial charge in [-0.1, -0.05) is 6.92 Å². The lowest BCUT2D eigenvalue weighted by molar-refractivity contribution is -0.146. The molecule has 0 aromatic carbocycles. The number of hydrogen-bond donors (Lipinski definition) is 3. The molecule has 0 bridgehead atoms. The Hall–Kier alpha value is -1.43. The molecule has 0 aromatic rings. The zero-order valence-corrected chi connectivity index (χ0v) is 8.47. The van der Waals surface area contributed by atoms with E-state index in [4.69, 9.17) is 15.9 Å². The molecule has 0 saturated heterocycles. The van der Waals surface area contributed by atoms with E-state index in [-0.39, 0.29) is 19.3 Å². The van der Waals surface area contributed by atoms with Crippen LogP contribution >= 0.6 is 0 Å². The fourth-order valence-electron chi connectivity index (χ4n) is 1.18. The molecular weight excluding hydrogens is 202 g/mol. The van der Waals surface area contributed by atoms with Gasteiger partial charge in [-0.15, -0.1) is 0 Å². The van der Waals surface area contributed by atoms with Crippen molar-refractivity contribution in [1.82, 2.24) is 0 Å². The normalized spacial score (nSPS) is 14.3. The van der Waals surface area contributed by atoms with Crippen LogP contribution in [0.25, 0.3) is 0 Å². The maximum absolute atomic E-state index is 11.4. The molecule has 0 aromatic heterocycles. The number of aliphatic carboxylic acids is 2. The number of rotatable bonds is 7. The minimum atomic E-state index is -1.21. The Labute approximate surface area is 87.1 Å². The second-order valence-electron chi connectivity index (χ2n) is 3.24. The quantitative estimate of drug-likeness (QED) is 0.511. The van der Waals surface area contributed by atoms with Crippen LogP contribution in [-0.4, -0.2) is 34.0 Å². The van der Waals surface area contributed by atoms with Crippen LogP contribution in [-0.2, 0) is 14.4 Å². The first-order chi connectivity index (χ1) is 6.90. The summed E-state index contributed by atoms with van der Waals surface area (Å²) in [5.41, 5.74) is 5.40. The fraction of sp³-hybridized carbons (Fsp3) is 0.667. The summed E-state index contributed by atoms with van der Waals surface area (Å²) in [5, 5.41) is 17.0. The van der Waals surface area contributed by atoms with Gasteiger partial charge in [0, 0.05) is 6.42 Å². The van der Waals surface area contributed by atoms with E-state index in [9.17, 15) is 14.4 Å². The fourth-order valence-corrected chi connectivity index (χ4v) is 1.18. The van der Waals surface area contributed by atoms with Crippen LogP contribution in [0.2, 0.25) is 0 Å². The number of carboxylic acids is 2. The molecule has 0 aliphatic carbocycles. The topological polar surface area (TPSA) is 118 Å². The molecule has 0 spiro atoms. The predicted octanol–water partition coefficient (Wildman–Crippen LogP) is -0.142. The Morgan fingerprint density at radius 3 is 2.13 bits per heavy atom. The molecule has 0 fully saturated rings. The number of carbonyl (C=O) groups is 3. The summed E-state index contributed by atoms with van der Waals surface area (Å²) in [6.07, 6.45) is -0.101. The van der Waals surface area contributed by atoms with E-state index in [0.717, 1.165) is 0 Å². The van der Waals surface area contributed by atoms with Gasteiger partial charge in [-0.3, -0.25) is 14.4 Å². The second-order valence-corrected chi connectivity index (χ2v) is 3.24. The molecule has 0 aliphatic heterocycles. The maximum Gasteiger partial charge on any atom is 0.314 e. The number of nitrogens with two attached hydrogens (primary N) is 1. The second kappa shape index (κ2) is 6.13. The minimum absolute atomic E-state index is 0.0298. The first-order valence-electron chi connectivity index (χ1n) is 4.64. The summed E-state index contributed by atoms with van der Waals surface area (Å²) < 4.78 is 0. The van der Waals surface area contributed by atoms with E-state index < -0.39 is 29.7 Å². The van der Waals surface area contributed by atoms with Crippen LogP contribution in [0.1, 0.15) is 26.2 Å². The van der Waals surface area contributed by atoms with E-state index >= 15 is 0 Å². The van der Waals surface area contributed by atoms with Crippen molar-refractivity contribution in [1.29, 1.82) is 0 Å². The summed E-state index contributed by atoms with van der Waals surface area (Å²) in [6, 6.07) is -1.01. The van der Waals surface area contributed by atoms with Gasteiger partial charge < -0.3 is 15.9 Å². The third-order valence-electron chi connectivity index (χ3n) is 2.08. The Morgan fingerprint density at radius 2 is 1.80 bits per heavy atom. The summed E-state index contributed by atoms with van der Waals surface area (Å²) in [4.78, 5) is 32.3. The molecule has 1 unspecified atom stereocenters. The van der Waals surface area contributed by atoms with Crippen molar-refractivity contribution in [3.63, 3.8) is 0 Å². The number of carboxylic acid groups (broad SMARTS) is 2. The van der Waals surface area contributed by atoms with Gasteiger partial charge in [0.15, 0.2) is 5.78 Å². The number of hydrogen-bond acceptors (Lipinski definition) is 4. The molecule has 6 heteroatoms. The van der Waals surface area contributed by atoms with Crippen molar-refractivity contribution in [3.05, 3.63) is 0 Å². The van der Waals surface area contributed by atoms with E-state index in [1.165, 1.54) is 0 Å². The van der Waals surface area contributed by atoms with Gasteiger partial charge in [-0.05, 0) is 12.8 Å². The highest BCUT2D eigenvalue weighted by molar-refractivity contribution is 6.00. The highest BCUT2D eigenvalue weighted by Crippen LogP contribution is 2.09. The largest absolute Gasteiger partial charge is 0.481 e. The molecule has 6 nitrogen and oxygen atoms in total. The zero-order chi connectivity index (χ0) is 12.0. The van der Waals surface area contributed by atoms with Crippen LogP contribution in [0.15, 0.2) is 0 Å². The van der Waals surface area contributed by atoms with Crippen molar-refractivity contribution < 1.29 is 24.6 Å². The van der Waals surface area contributed by atoms with Gasteiger partial charge in [0.25, 0.3) is 0 Å². The molecule has 15 heavy (non-hydrogen) atoms. The number of carbonyl (C=O) groups excluding carboxylic acids is 1. The molecule has 0 heterocycles. The molecule has 4 N–H and O–H groups in total. The highest BCUT2D eigenvalue weighted by Gasteiger charge is 2.28. The lowest BCUT2D eigenvalue weighted by Crippen LogP contribution is -2.39. The maximum atomic E-state index is 11.4. The van der Waals surface area contributed by atoms with Crippen molar-refractivity contribution in [3.8, 4) is 0 Å². The van der Waals surface area contributed by atoms with E-state index in [2.05, 4.69) is 0 Å². The van der Waals surface area contributed by atoms with Gasteiger partial charge in [-0.2, -0.15) is 0 Å². The van der Waals surface area contributed by atoms with Gasteiger partial charge in [0.1, 0.15) is 5.92 Å². The molecule has 0 rings (SSSR count). The van der Waals surface area contributed by atoms with Crippen LogP contribution in [0.3, 0.4) is 0 Å².